The highest BCUT2D eigenvalue weighted by molar-refractivity contribution is 7.92. The van der Waals surface area contributed by atoms with E-state index in [-0.39, 0.29) is 34.3 Å². The van der Waals surface area contributed by atoms with Gasteiger partial charge in [0.15, 0.2) is 9.92 Å². The molecule has 1 unspecified atom stereocenters. The Morgan fingerprint density at radius 2 is 2.00 bits per heavy atom. The van der Waals surface area contributed by atoms with Crippen LogP contribution >= 0.6 is 11.6 Å². The summed E-state index contributed by atoms with van der Waals surface area (Å²) in [7, 11) is -2.22. The molecular formula is C37H44ClN5O6S. The first-order valence-electron chi connectivity index (χ1n) is 17.2. The molecular weight excluding hydrogens is 678 g/mol. The van der Waals surface area contributed by atoms with E-state index in [0.717, 1.165) is 32.1 Å². The monoisotopic (exact) mass is 721 g/mol. The number of hydrogen-bond donors (Lipinski definition) is 2. The van der Waals surface area contributed by atoms with Gasteiger partial charge in [-0.2, -0.15) is 5.10 Å². The number of carbonyl (C=O) groups is 2. The highest BCUT2D eigenvalue weighted by atomic mass is 35.5. The number of nitrogens with one attached hydrogen (secondary N) is 1. The molecule has 2 bridgehead atoms. The van der Waals surface area contributed by atoms with Gasteiger partial charge in [-0.25, -0.2) is 4.21 Å². The van der Waals surface area contributed by atoms with Gasteiger partial charge in [0.2, 0.25) is 0 Å². The first-order valence-corrected chi connectivity index (χ1v) is 19.1. The number of benzene rings is 2. The Hall–Kier alpha value is -3.71. The third-order valence-corrected chi connectivity index (χ3v) is 12.8. The van der Waals surface area contributed by atoms with Crippen molar-refractivity contribution in [2.45, 2.75) is 74.9 Å². The largest absolute Gasteiger partial charge is 0.490 e. The maximum absolute atomic E-state index is 15.1. The summed E-state index contributed by atoms with van der Waals surface area (Å²) in [5, 5.41) is 16.2. The molecule has 1 saturated carbocycles. The second-order valence-corrected chi connectivity index (χ2v) is 17.0. The maximum Gasteiger partial charge on any atom is 0.287 e. The Morgan fingerprint density at radius 1 is 1.18 bits per heavy atom. The van der Waals surface area contributed by atoms with Gasteiger partial charge in [0.1, 0.15) is 11.4 Å². The van der Waals surface area contributed by atoms with Crippen LogP contribution in [0, 0.1) is 18.8 Å². The van der Waals surface area contributed by atoms with E-state index >= 15 is 4.21 Å². The first-order chi connectivity index (χ1) is 23.8. The van der Waals surface area contributed by atoms with Gasteiger partial charge in [-0.1, -0.05) is 29.8 Å². The number of amides is 2. The molecule has 266 valence electrons. The Labute approximate surface area is 298 Å². The molecule has 7 rings (SSSR count). The molecule has 1 aromatic heterocycles. The van der Waals surface area contributed by atoms with Crippen LogP contribution in [0.2, 0.25) is 5.02 Å². The summed E-state index contributed by atoms with van der Waals surface area (Å²) in [5.41, 5.74) is 1.97. The van der Waals surface area contributed by atoms with E-state index in [1.807, 2.05) is 6.07 Å². The number of aliphatic hydroxyl groups is 1. The average molecular weight is 722 g/mol. The van der Waals surface area contributed by atoms with E-state index < -0.39 is 33.4 Å². The van der Waals surface area contributed by atoms with Crippen molar-refractivity contribution in [2.24, 2.45) is 23.2 Å². The zero-order chi connectivity index (χ0) is 35.4. The molecule has 13 heteroatoms. The number of aryl methyl sites for hydroxylation is 3. The fourth-order valence-corrected chi connectivity index (χ4v) is 9.64. The van der Waals surface area contributed by atoms with Crippen molar-refractivity contribution in [3.63, 3.8) is 0 Å². The molecule has 2 aliphatic heterocycles. The van der Waals surface area contributed by atoms with E-state index in [2.05, 4.69) is 31.2 Å². The van der Waals surface area contributed by atoms with Crippen molar-refractivity contribution in [1.82, 2.24) is 14.5 Å². The number of hydrogen-bond acceptors (Lipinski definition) is 8. The van der Waals surface area contributed by atoms with Gasteiger partial charge in [-0.3, -0.25) is 19.0 Å². The van der Waals surface area contributed by atoms with Crippen LogP contribution in [0.3, 0.4) is 0 Å². The van der Waals surface area contributed by atoms with Gasteiger partial charge in [0.25, 0.3) is 11.8 Å². The summed E-state index contributed by atoms with van der Waals surface area (Å²) in [6.45, 7) is 6.49. The zero-order valence-electron chi connectivity index (χ0n) is 28.9. The minimum Gasteiger partial charge on any atom is -0.490 e. The summed E-state index contributed by atoms with van der Waals surface area (Å²) in [6, 6.07) is 11.2. The number of carbonyl (C=O) groups excluding carboxylic acids is 2. The summed E-state index contributed by atoms with van der Waals surface area (Å²) in [4.78, 5) is 29.9. The minimum absolute atomic E-state index is 0.0410. The van der Waals surface area contributed by atoms with Gasteiger partial charge in [0.05, 0.1) is 41.2 Å². The van der Waals surface area contributed by atoms with Crippen LogP contribution in [0.25, 0.3) is 0 Å². The second-order valence-electron chi connectivity index (χ2n) is 14.6. The smallest absolute Gasteiger partial charge is 0.287 e. The number of nitrogens with zero attached hydrogens (tertiary/aromatic N) is 4. The van der Waals surface area contributed by atoms with Gasteiger partial charge in [0, 0.05) is 36.8 Å². The molecule has 0 saturated heterocycles. The molecule has 5 atom stereocenters. The third kappa shape index (κ3) is 6.47. The molecule has 4 aliphatic rings. The SMILES string of the molecule is Cc1nn(C)cc1C(=O)NS1(=O)=NC(=O)C(C)(C)OC/C=C/[C@H](O)[C@@H]2CC[C@H]2CN2C[C@@]3(CCCc4cc(Cl)ccc43)COc3ccc1cc32. The van der Waals surface area contributed by atoms with Gasteiger partial charge in [-0.05, 0) is 106 Å². The molecule has 11 nitrogen and oxygen atoms in total. The molecule has 50 heavy (non-hydrogen) atoms. The average Bonchev–Trinajstić information content (AvgIpc) is 3.32. The van der Waals surface area contributed by atoms with Crippen molar-refractivity contribution in [2.75, 3.05) is 31.2 Å². The van der Waals surface area contributed by atoms with Gasteiger partial charge in [-0.15, -0.1) is 4.36 Å². The Bertz CT molecular complexity index is 2000. The summed E-state index contributed by atoms with van der Waals surface area (Å²) >= 11 is 6.44. The van der Waals surface area contributed by atoms with Crippen molar-refractivity contribution in [1.29, 1.82) is 0 Å². The normalized spacial score (nSPS) is 29.8. The van der Waals surface area contributed by atoms with E-state index in [1.165, 1.54) is 22.0 Å². The molecule has 3 heterocycles. The molecule has 3 aromatic rings. The topological polar surface area (TPSA) is 135 Å². The summed E-state index contributed by atoms with van der Waals surface area (Å²) < 4.78 is 35.9. The molecule has 1 spiro atoms. The predicted octanol–water partition coefficient (Wildman–Crippen LogP) is 5.31. The van der Waals surface area contributed by atoms with Crippen LogP contribution in [0.1, 0.15) is 66.7 Å². The highest BCUT2D eigenvalue weighted by Crippen LogP contribution is 2.47. The van der Waals surface area contributed by atoms with Crippen molar-refractivity contribution >= 4 is 39.0 Å². The Balaban J connectivity index is 1.37. The maximum atomic E-state index is 15.1. The standard InChI is InChI=1S/C37H44ClN5O6S/c1-23-29(20-42(4)39-23)34(45)40-50(47)27-11-14-33-31(18-27)43(21-37(22-48-33)15-5-7-24-17-26(38)10-13-30(24)37)19-25-9-12-28(25)32(44)8-6-16-49-36(2,3)35(46)41-50/h6,8,10-11,13-14,17-18,20,25,28,32,44H,5,7,9,12,15-16,19,21-22H2,1-4H3,(H,40,41,45,46,47)/b8-6+/t25-,28+,32-,37-,50?/m0/s1. The van der Waals surface area contributed by atoms with E-state index in [4.69, 9.17) is 21.1 Å². The fraction of sp³-hybridized carbons (Fsp3) is 0.486. The number of aliphatic hydroxyl groups excluding tert-OH is 1. The van der Waals surface area contributed by atoms with Crippen LogP contribution in [-0.2, 0) is 38.3 Å². The van der Waals surface area contributed by atoms with Crippen molar-refractivity contribution in [3.8, 4) is 5.75 Å². The Morgan fingerprint density at radius 3 is 2.74 bits per heavy atom. The fourth-order valence-electron chi connectivity index (χ4n) is 7.84. The van der Waals surface area contributed by atoms with E-state index in [9.17, 15) is 14.7 Å². The van der Waals surface area contributed by atoms with Gasteiger partial charge < -0.3 is 19.5 Å². The summed E-state index contributed by atoms with van der Waals surface area (Å²) in [6.07, 6.45) is 8.98. The number of halogens is 1. The third-order valence-electron chi connectivity index (χ3n) is 10.8. The number of rotatable bonds is 2. The number of ether oxygens (including phenoxy) is 2. The molecule has 1 fully saturated rings. The van der Waals surface area contributed by atoms with Crippen molar-refractivity contribution < 1.29 is 28.4 Å². The lowest BCUT2D eigenvalue weighted by Gasteiger charge is -2.45. The summed E-state index contributed by atoms with van der Waals surface area (Å²) in [5.74, 6) is -0.637. The van der Waals surface area contributed by atoms with Crippen LogP contribution in [0.5, 0.6) is 5.75 Å². The van der Waals surface area contributed by atoms with Gasteiger partial charge >= 0.3 is 0 Å². The van der Waals surface area contributed by atoms with E-state index in [0.29, 0.717) is 41.8 Å². The Kier molecular flexibility index (Phi) is 9.11. The van der Waals surface area contributed by atoms with E-state index in [1.54, 1.807) is 58.2 Å². The van der Waals surface area contributed by atoms with Crippen molar-refractivity contribution in [3.05, 3.63) is 82.2 Å². The molecule has 0 radical (unpaired) electrons. The first kappa shape index (κ1) is 34.7. The molecule has 2 amide bonds. The highest BCUT2D eigenvalue weighted by Gasteiger charge is 2.44. The molecule has 2 aromatic carbocycles. The lowest BCUT2D eigenvalue weighted by Crippen LogP contribution is -2.49. The number of fused-ring (bicyclic) bond motifs is 4. The molecule has 2 N–H and O–H groups in total. The predicted molar refractivity (Wildman–Crippen MR) is 191 cm³/mol. The minimum atomic E-state index is -3.91. The quantitative estimate of drug-likeness (QED) is 0.341. The number of anilines is 1. The lowest BCUT2D eigenvalue weighted by atomic mass is 9.68. The zero-order valence-corrected chi connectivity index (χ0v) is 30.4. The second kappa shape index (κ2) is 13.1. The number of aromatic nitrogens is 2. The molecule has 2 aliphatic carbocycles. The van der Waals surface area contributed by atoms with Crippen LogP contribution in [0.4, 0.5) is 5.69 Å². The lowest BCUT2D eigenvalue weighted by molar-refractivity contribution is -0.137. The van der Waals surface area contributed by atoms with Crippen LogP contribution in [0.15, 0.2) is 64.0 Å². The van der Waals surface area contributed by atoms with Crippen LogP contribution < -0.4 is 14.4 Å². The van der Waals surface area contributed by atoms with Crippen LogP contribution in [-0.4, -0.2) is 68.9 Å².